The molecule has 0 N–H and O–H groups in total. The summed E-state index contributed by atoms with van der Waals surface area (Å²) in [4.78, 5) is 37.4. The van der Waals surface area contributed by atoms with Crippen LogP contribution in [0.3, 0.4) is 0 Å². The van der Waals surface area contributed by atoms with Gasteiger partial charge in [-0.3, -0.25) is 14.4 Å². The van der Waals surface area contributed by atoms with E-state index >= 15 is 0 Å². The second-order valence-electron chi connectivity index (χ2n) is 15.7. The van der Waals surface area contributed by atoms with Gasteiger partial charge in [-0.2, -0.15) is 0 Å². The van der Waals surface area contributed by atoms with E-state index in [2.05, 4.69) is 48.5 Å². The molecule has 0 spiro atoms. The summed E-state index contributed by atoms with van der Waals surface area (Å²) in [5.41, 5.74) is 2.51. The molecule has 39 heavy (non-hydrogen) atoms. The molecule has 5 nitrogen and oxygen atoms in total. The van der Waals surface area contributed by atoms with Gasteiger partial charge in [0.1, 0.15) is 12.7 Å². The van der Waals surface area contributed by atoms with E-state index in [-0.39, 0.29) is 56.8 Å². The topological polar surface area (TPSA) is 69.7 Å². The number of rotatable bonds is 4. The van der Waals surface area contributed by atoms with Crippen molar-refractivity contribution in [2.75, 3.05) is 6.61 Å². The van der Waals surface area contributed by atoms with Crippen LogP contribution in [0.5, 0.6) is 0 Å². The summed E-state index contributed by atoms with van der Waals surface area (Å²) in [6.07, 6.45) is 9.15. The molecule has 0 aromatic rings. The zero-order valence-corrected chi connectivity index (χ0v) is 26.0. The number of ketones is 1. The van der Waals surface area contributed by atoms with E-state index < -0.39 is 0 Å². The summed E-state index contributed by atoms with van der Waals surface area (Å²) in [5, 5.41) is 0. The van der Waals surface area contributed by atoms with E-state index in [1.54, 1.807) is 6.92 Å². The average Bonchev–Trinajstić information content (AvgIpc) is 3.12. The molecule has 5 aliphatic carbocycles. The minimum atomic E-state index is -0.319. The van der Waals surface area contributed by atoms with Crippen molar-refractivity contribution in [2.45, 2.75) is 126 Å². The van der Waals surface area contributed by atoms with Gasteiger partial charge in [-0.15, -0.1) is 0 Å². The van der Waals surface area contributed by atoms with Crippen molar-refractivity contribution >= 4 is 17.7 Å². The fourth-order valence-corrected chi connectivity index (χ4v) is 11.5. The molecule has 0 aromatic carbocycles. The lowest BCUT2D eigenvalue weighted by molar-refractivity contribution is -0.233. The summed E-state index contributed by atoms with van der Waals surface area (Å²) in [7, 11) is 0. The lowest BCUT2D eigenvalue weighted by atomic mass is 9.33. The molecule has 0 aliphatic heterocycles. The van der Waals surface area contributed by atoms with Crippen LogP contribution in [0.1, 0.15) is 120 Å². The zero-order chi connectivity index (χ0) is 28.8. The second-order valence-corrected chi connectivity index (χ2v) is 15.7. The SMILES string of the molecule is CC(=O)OCC12CC[C@]3(C)C(CCC4C5(C)CCC(OC(C)=O)C(C)(C)C5CCC43C)C1=C(C(C)C)C(=O)C2. The number of carbonyl (C=O) groups is 3. The molecule has 4 saturated carbocycles. The fourth-order valence-electron chi connectivity index (χ4n) is 11.5. The van der Waals surface area contributed by atoms with Gasteiger partial charge in [0.2, 0.25) is 0 Å². The Bertz CT molecular complexity index is 1100. The molecule has 5 aliphatic rings. The number of ether oxygens (including phenoxy) is 2. The Morgan fingerprint density at radius 3 is 2.15 bits per heavy atom. The Balaban J connectivity index is 1.54. The summed E-state index contributed by atoms with van der Waals surface area (Å²) in [6.45, 7) is 20.1. The van der Waals surface area contributed by atoms with Crippen molar-refractivity contribution < 1.29 is 23.9 Å². The van der Waals surface area contributed by atoms with E-state index in [1.165, 1.54) is 25.3 Å². The molecule has 7 unspecified atom stereocenters. The van der Waals surface area contributed by atoms with Crippen molar-refractivity contribution in [3.05, 3.63) is 11.1 Å². The first-order valence-corrected chi connectivity index (χ1v) is 15.6. The van der Waals surface area contributed by atoms with Gasteiger partial charge in [-0.05, 0) is 102 Å². The third-order valence-corrected chi connectivity index (χ3v) is 13.4. The molecular formula is C34H52O5. The van der Waals surface area contributed by atoms with Gasteiger partial charge in [-0.25, -0.2) is 0 Å². The van der Waals surface area contributed by atoms with Crippen molar-refractivity contribution in [2.24, 2.45) is 50.7 Å². The molecule has 0 heterocycles. The Labute approximate surface area is 236 Å². The quantitative estimate of drug-likeness (QED) is 0.346. The van der Waals surface area contributed by atoms with Gasteiger partial charge in [0.25, 0.3) is 0 Å². The highest BCUT2D eigenvalue weighted by Crippen LogP contribution is 2.76. The van der Waals surface area contributed by atoms with Crippen LogP contribution < -0.4 is 0 Å². The highest BCUT2D eigenvalue weighted by atomic mass is 16.5. The Morgan fingerprint density at radius 2 is 1.54 bits per heavy atom. The van der Waals surface area contributed by atoms with Crippen LogP contribution in [0.2, 0.25) is 0 Å². The van der Waals surface area contributed by atoms with E-state index in [4.69, 9.17) is 9.47 Å². The van der Waals surface area contributed by atoms with Crippen LogP contribution in [0.4, 0.5) is 0 Å². The number of fused-ring (bicyclic) bond motifs is 7. The lowest BCUT2D eigenvalue weighted by Gasteiger charge is -2.72. The van der Waals surface area contributed by atoms with Crippen LogP contribution in [0, 0.1) is 50.7 Å². The Kier molecular flexibility index (Phi) is 6.79. The van der Waals surface area contributed by atoms with Crippen molar-refractivity contribution in [1.29, 1.82) is 0 Å². The number of esters is 2. The maximum absolute atomic E-state index is 13.6. The Morgan fingerprint density at radius 1 is 0.846 bits per heavy atom. The molecule has 5 heteroatoms. The molecule has 0 aromatic heterocycles. The van der Waals surface area contributed by atoms with Crippen molar-refractivity contribution in [1.82, 2.24) is 0 Å². The van der Waals surface area contributed by atoms with Crippen LogP contribution in [0.15, 0.2) is 11.1 Å². The van der Waals surface area contributed by atoms with Crippen molar-refractivity contribution in [3.63, 3.8) is 0 Å². The van der Waals surface area contributed by atoms with Gasteiger partial charge in [0.15, 0.2) is 5.78 Å². The summed E-state index contributed by atoms with van der Waals surface area (Å²) in [6, 6.07) is 0. The maximum Gasteiger partial charge on any atom is 0.302 e. The number of hydrogen-bond donors (Lipinski definition) is 0. The van der Waals surface area contributed by atoms with Crippen LogP contribution in [-0.4, -0.2) is 30.4 Å². The fraction of sp³-hybridized carbons (Fsp3) is 0.853. The summed E-state index contributed by atoms with van der Waals surface area (Å²) in [5.74, 6) is 1.53. The largest absolute Gasteiger partial charge is 0.465 e. The molecule has 8 atom stereocenters. The molecule has 0 saturated heterocycles. The van der Waals surface area contributed by atoms with Gasteiger partial charge >= 0.3 is 11.9 Å². The standard InChI is InChI=1S/C34H52O5/c1-20(2)28-24(37)18-34(19-38-21(3)35)17-16-32(8)23(29(28)34)10-11-26-31(7)14-13-27(39-22(4)36)30(5,6)25(31)12-15-33(26,32)9/h20,23,25-27H,10-19H2,1-9H3/t23?,25?,26?,27?,31?,32-,33?,34?/m1/s1. The average molecular weight is 541 g/mol. The highest BCUT2D eigenvalue weighted by Gasteiger charge is 2.70. The van der Waals surface area contributed by atoms with Crippen LogP contribution >= 0.6 is 0 Å². The number of hydrogen-bond acceptors (Lipinski definition) is 5. The first-order chi connectivity index (χ1) is 18.0. The van der Waals surface area contributed by atoms with E-state index in [0.717, 1.165) is 44.1 Å². The minimum Gasteiger partial charge on any atom is -0.465 e. The molecule has 5 rings (SSSR count). The predicted octanol–water partition coefficient (Wildman–Crippen LogP) is 7.46. The van der Waals surface area contributed by atoms with E-state index in [1.807, 2.05) is 0 Å². The van der Waals surface area contributed by atoms with Crippen molar-refractivity contribution in [3.8, 4) is 0 Å². The normalized spacial score (nSPS) is 44.7. The first-order valence-electron chi connectivity index (χ1n) is 15.6. The molecule has 218 valence electrons. The van der Waals surface area contributed by atoms with Crippen LogP contribution in [-0.2, 0) is 23.9 Å². The van der Waals surface area contributed by atoms with Gasteiger partial charge in [0, 0.05) is 31.1 Å². The summed E-state index contributed by atoms with van der Waals surface area (Å²) >= 11 is 0. The first kappa shape index (κ1) is 28.9. The smallest absolute Gasteiger partial charge is 0.302 e. The summed E-state index contributed by atoms with van der Waals surface area (Å²) < 4.78 is 11.6. The minimum absolute atomic E-state index is 0.0100. The van der Waals surface area contributed by atoms with Gasteiger partial charge in [0.05, 0.1) is 0 Å². The zero-order valence-electron chi connectivity index (χ0n) is 26.0. The van der Waals surface area contributed by atoms with E-state index in [9.17, 15) is 14.4 Å². The third-order valence-electron chi connectivity index (χ3n) is 13.4. The predicted molar refractivity (Wildman–Crippen MR) is 152 cm³/mol. The lowest BCUT2D eigenvalue weighted by Crippen LogP contribution is -2.66. The highest BCUT2D eigenvalue weighted by molar-refractivity contribution is 6.00. The number of allylic oxidation sites excluding steroid dienone is 1. The third kappa shape index (κ3) is 3.94. The Hall–Kier alpha value is -1.65. The maximum atomic E-state index is 13.6. The molecule has 0 bridgehead atoms. The monoisotopic (exact) mass is 540 g/mol. The van der Waals surface area contributed by atoms with Crippen LogP contribution in [0.25, 0.3) is 0 Å². The molecule has 4 fully saturated rings. The number of carbonyl (C=O) groups excluding carboxylic acids is 3. The van der Waals surface area contributed by atoms with Gasteiger partial charge in [-0.1, -0.05) is 48.5 Å². The van der Waals surface area contributed by atoms with E-state index in [0.29, 0.717) is 30.8 Å². The van der Waals surface area contributed by atoms with Gasteiger partial charge < -0.3 is 9.47 Å². The molecular weight excluding hydrogens is 488 g/mol. The second kappa shape index (κ2) is 9.18. The molecule has 0 amide bonds. The molecule has 0 radical (unpaired) electrons. The number of Topliss-reactive ketones (excluding diaryl/α,β-unsaturated/α-hetero) is 1.